The molecule has 0 unspecified atom stereocenters. The molecule has 0 aliphatic carbocycles. The minimum Gasteiger partial charge on any atom is -0.465 e. The standard InChI is InChI=1S/C6H7NO2S.CH4OS.H2O.H2/c1-9-6(8)5-4(7)2-3-10-5;1-3-2;;/h2-3H,7H2,1H3;2H,1H3;1H2;1H. The van der Waals surface area contributed by atoms with Gasteiger partial charge in [0, 0.05) is 7.68 Å². The number of anilines is 1. The third-order valence-corrected chi connectivity index (χ3v) is 1.98. The van der Waals surface area contributed by atoms with Crippen molar-refractivity contribution >= 4 is 35.0 Å². The van der Waals surface area contributed by atoms with Gasteiger partial charge in [-0.15, -0.1) is 11.3 Å². The Hall–Kier alpha value is -0.760. The fourth-order valence-electron chi connectivity index (χ4n) is 0.578. The summed E-state index contributed by atoms with van der Waals surface area (Å²) in [6, 6.07) is 1.68. The van der Waals surface area contributed by atoms with Crippen molar-refractivity contribution in [3.05, 3.63) is 16.3 Å². The molecule has 0 saturated heterocycles. The molecule has 1 rings (SSSR count). The van der Waals surface area contributed by atoms with Crippen LogP contribution < -0.4 is 5.73 Å². The summed E-state index contributed by atoms with van der Waals surface area (Å²) in [5.74, 6) is -0.368. The van der Waals surface area contributed by atoms with Gasteiger partial charge in [0.15, 0.2) is 0 Å². The van der Waals surface area contributed by atoms with Crippen molar-refractivity contribution < 1.29 is 21.0 Å². The quantitative estimate of drug-likeness (QED) is 0.570. The lowest BCUT2D eigenvalue weighted by molar-refractivity contribution is 0.0607. The maximum atomic E-state index is 10.8. The minimum absolute atomic E-state index is 0. The average molecular weight is 241 g/mol. The zero-order valence-corrected chi connectivity index (χ0v) is 9.45. The van der Waals surface area contributed by atoms with Crippen LogP contribution in [0, 0.1) is 0 Å². The Labute approximate surface area is 91.9 Å². The topological polar surface area (TPSA) is 104 Å². The van der Waals surface area contributed by atoms with Gasteiger partial charge < -0.3 is 20.5 Å². The average Bonchev–Trinajstić information content (AvgIpc) is 2.52. The molecule has 0 amide bonds. The smallest absolute Gasteiger partial charge is 0.350 e. The highest BCUT2D eigenvalue weighted by molar-refractivity contribution is 7.93. The van der Waals surface area contributed by atoms with E-state index < -0.39 is 0 Å². The summed E-state index contributed by atoms with van der Waals surface area (Å²) in [5, 5.41) is 1.75. The van der Waals surface area contributed by atoms with Crippen molar-refractivity contribution in [2.45, 2.75) is 0 Å². The molecule has 0 atom stereocenters. The van der Waals surface area contributed by atoms with Crippen LogP contribution in [0.3, 0.4) is 0 Å². The first-order valence-electron chi connectivity index (χ1n) is 3.26. The fourth-order valence-corrected chi connectivity index (χ4v) is 1.31. The Morgan fingerprint density at radius 1 is 1.79 bits per heavy atom. The van der Waals surface area contributed by atoms with E-state index in [1.165, 1.54) is 18.4 Å². The van der Waals surface area contributed by atoms with E-state index in [0.29, 0.717) is 10.6 Å². The Morgan fingerprint density at radius 3 is 2.57 bits per heavy atom. The molecule has 0 aliphatic heterocycles. The van der Waals surface area contributed by atoms with E-state index in [2.05, 4.69) is 4.74 Å². The first-order chi connectivity index (χ1) is 6.17. The largest absolute Gasteiger partial charge is 0.465 e. The summed E-state index contributed by atoms with van der Waals surface area (Å²) >= 11 is 2.03. The van der Waals surface area contributed by atoms with Crippen molar-refractivity contribution in [1.82, 2.24) is 0 Å². The van der Waals surface area contributed by atoms with Crippen molar-refractivity contribution in [3.8, 4) is 0 Å². The monoisotopic (exact) mass is 241 g/mol. The lowest BCUT2D eigenvalue weighted by Gasteiger charge is -1.94. The molecule has 0 bridgehead atoms. The van der Waals surface area contributed by atoms with Crippen LogP contribution in [0.1, 0.15) is 11.1 Å². The second kappa shape index (κ2) is 8.82. The molecule has 7 heteroatoms. The van der Waals surface area contributed by atoms with Gasteiger partial charge in [-0.05, 0) is 23.5 Å². The van der Waals surface area contributed by atoms with Gasteiger partial charge in [0.25, 0.3) is 0 Å². The Balaban J connectivity index is -0.000000260. The third-order valence-electron chi connectivity index (χ3n) is 1.07. The number of rotatable bonds is 1. The number of thiophene rings is 1. The van der Waals surface area contributed by atoms with Gasteiger partial charge in [-0.3, -0.25) is 0 Å². The Kier molecular flexibility index (Phi) is 9.89. The molecule has 0 aromatic carbocycles. The first-order valence-corrected chi connectivity index (χ1v) is 5.32. The number of carbonyl (C=O) groups is 1. The highest BCUT2D eigenvalue weighted by Gasteiger charge is 2.09. The number of esters is 1. The first kappa shape index (κ1) is 15.7. The highest BCUT2D eigenvalue weighted by Crippen LogP contribution is 2.18. The maximum Gasteiger partial charge on any atom is 0.350 e. The number of nitrogen functional groups attached to an aromatic ring is 1. The molecule has 0 spiro atoms. The number of hydrogen-bond donors (Lipinski definition) is 2. The van der Waals surface area contributed by atoms with Crippen LogP contribution in [0.2, 0.25) is 0 Å². The fraction of sp³-hybridized carbons (Fsp3) is 0.286. The lowest BCUT2D eigenvalue weighted by Crippen LogP contribution is -2.00. The molecule has 14 heavy (non-hydrogen) atoms. The normalized spacial score (nSPS) is 7.93. The number of carbonyl (C=O) groups excluding carboxylic acids is 1. The van der Waals surface area contributed by atoms with Crippen molar-refractivity contribution in [2.24, 2.45) is 0 Å². The lowest BCUT2D eigenvalue weighted by atomic mass is 10.4. The van der Waals surface area contributed by atoms with Gasteiger partial charge in [0.1, 0.15) is 4.88 Å². The second-order valence-electron chi connectivity index (χ2n) is 1.88. The van der Waals surface area contributed by atoms with E-state index in [9.17, 15) is 4.79 Å². The third kappa shape index (κ3) is 5.07. The summed E-state index contributed by atoms with van der Waals surface area (Å²) < 4.78 is 12.0. The van der Waals surface area contributed by atoms with Crippen LogP contribution in [-0.4, -0.2) is 29.4 Å². The summed E-state index contributed by atoms with van der Waals surface area (Å²) in [6.07, 6.45) is 1.60. The van der Waals surface area contributed by atoms with Crippen molar-refractivity contribution in [1.29, 1.82) is 0 Å². The molecule has 0 saturated carbocycles. The molecule has 1 aromatic heterocycles. The molecule has 0 radical (unpaired) electrons. The molecular formula is C7H15NO4S2. The van der Waals surface area contributed by atoms with Crippen LogP contribution in [0.5, 0.6) is 0 Å². The maximum absolute atomic E-state index is 10.8. The zero-order chi connectivity index (χ0) is 10.3. The van der Waals surface area contributed by atoms with E-state index in [1.54, 1.807) is 17.7 Å². The van der Waals surface area contributed by atoms with Crippen LogP contribution in [0.25, 0.3) is 0 Å². The summed E-state index contributed by atoms with van der Waals surface area (Å²) in [5.41, 5.74) is 5.91. The predicted molar refractivity (Wildman–Crippen MR) is 61.9 cm³/mol. The van der Waals surface area contributed by atoms with Crippen LogP contribution in [-0.2, 0) is 4.74 Å². The van der Waals surface area contributed by atoms with E-state index in [4.69, 9.17) is 10.3 Å². The van der Waals surface area contributed by atoms with Gasteiger partial charge in [0.05, 0.1) is 12.8 Å². The van der Waals surface area contributed by atoms with Crippen LogP contribution >= 0.6 is 23.4 Å². The van der Waals surface area contributed by atoms with Gasteiger partial charge >= 0.3 is 5.97 Å². The molecular weight excluding hydrogens is 226 g/mol. The number of hydrogen-bond acceptors (Lipinski definition) is 6. The SMILES string of the molecule is COC(=O)c1sccc1N.CSO.O.[HH]. The molecule has 1 aromatic rings. The molecule has 0 fully saturated rings. The summed E-state index contributed by atoms with van der Waals surface area (Å²) in [6.45, 7) is 0. The van der Waals surface area contributed by atoms with Gasteiger partial charge in [-0.1, -0.05) is 0 Å². The van der Waals surface area contributed by atoms with Gasteiger partial charge in [-0.25, -0.2) is 4.79 Å². The summed E-state index contributed by atoms with van der Waals surface area (Å²) in [4.78, 5) is 11.3. The molecule has 0 aliphatic rings. The Bertz CT molecular complexity index is 269. The summed E-state index contributed by atoms with van der Waals surface area (Å²) in [7, 11) is 1.33. The van der Waals surface area contributed by atoms with E-state index in [1.807, 2.05) is 0 Å². The molecule has 84 valence electrons. The Morgan fingerprint density at radius 2 is 2.29 bits per heavy atom. The molecule has 5 nitrogen and oxygen atoms in total. The molecule has 5 N–H and O–H groups in total. The predicted octanol–water partition coefficient (Wildman–Crippen LogP) is 1.36. The highest BCUT2D eigenvalue weighted by atomic mass is 32.2. The second-order valence-corrected chi connectivity index (χ2v) is 3.16. The van der Waals surface area contributed by atoms with Crippen LogP contribution in [0.15, 0.2) is 11.4 Å². The van der Waals surface area contributed by atoms with Crippen molar-refractivity contribution in [2.75, 3.05) is 19.1 Å². The number of methoxy groups -OCH3 is 1. The van der Waals surface area contributed by atoms with E-state index >= 15 is 0 Å². The van der Waals surface area contributed by atoms with Crippen molar-refractivity contribution in [3.63, 3.8) is 0 Å². The van der Waals surface area contributed by atoms with E-state index in [0.717, 1.165) is 12.0 Å². The van der Waals surface area contributed by atoms with E-state index in [-0.39, 0.29) is 12.9 Å². The zero-order valence-electron chi connectivity index (χ0n) is 7.81. The minimum atomic E-state index is -0.368. The van der Waals surface area contributed by atoms with Gasteiger partial charge in [0.2, 0.25) is 0 Å². The van der Waals surface area contributed by atoms with Crippen LogP contribution in [0.4, 0.5) is 5.69 Å². The number of nitrogens with two attached hydrogens (primary N) is 1. The molecule has 1 heterocycles. The van der Waals surface area contributed by atoms with Gasteiger partial charge in [-0.2, -0.15) is 0 Å². The number of ether oxygens (including phenoxy) is 1.